The molecule has 0 radical (unpaired) electrons. The maximum Gasteiger partial charge on any atom is 0.331 e. The zero-order chi connectivity index (χ0) is 14.3. The van der Waals surface area contributed by atoms with Gasteiger partial charge in [0.1, 0.15) is 11.3 Å². The second-order valence-corrected chi connectivity index (χ2v) is 6.28. The van der Waals surface area contributed by atoms with Gasteiger partial charge in [-0.3, -0.25) is 4.90 Å². The SMILES string of the molecule is CC(C(=O)O)(c1cc2cc(Br)ccc2o1)N1CCCC1. The number of hydrogen-bond donors (Lipinski definition) is 1. The number of aliphatic carboxylic acids is 1. The third-order valence-corrected chi connectivity index (χ3v) is 4.61. The predicted octanol–water partition coefficient (Wildman–Crippen LogP) is 3.59. The summed E-state index contributed by atoms with van der Waals surface area (Å²) >= 11 is 3.42. The van der Waals surface area contributed by atoms with Crippen LogP contribution < -0.4 is 0 Å². The van der Waals surface area contributed by atoms with Crippen molar-refractivity contribution in [3.63, 3.8) is 0 Å². The number of halogens is 1. The number of fused-ring (bicyclic) bond motifs is 1. The van der Waals surface area contributed by atoms with Crippen molar-refractivity contribution in [2.45, 2.75) is 25.3 Å². The molecule has 1 aliphatic rings. The molecule has 0 aliphatic carbocycles. The average Bonchev–Trinajstić information content (AvgIpc) is 3.06. The Kier molecular flexibility index (Phi) is 3.34. The molecule has 1 aliphatic heterocycles. The molecule has 2 aromatic rings. The second kappa shape index (κ2) is 4.90. The topological polar surface area (TPSA) is 53.7 Å². The third kappa shape index (κ3) is 2.05. The first-order chi connectivity index (χ1) is 9.51. The van der Waals surface area contributed by atoms with Gasteiger partial charge >= 0.3 is 5.97 Å². The zero-order valence-electron chi connectivity index (χ0n) is 11.2. The highest BCUT2D eigenvalue weighted by Gasteiger charge is 2.45. The molecular formula is C15H16BrNO3. The molecule has 0 saturated carbocycles. The Balaban J connectivity index is 2.11. The van der Waals surface area contributed by atoms with Gasteiger partial charge in [0.25, 0.3) is 0 Å². The van der Waals surface area contributed by atoms with E-state index >= 15 is 0 Å². The van der Waals surface area contributed by atoms with Crippen molar-refractivity contribution in [1.82, 2.24) is 4.90 Å². The molecule has 0 amide bonds. The summed E-state index contributed by atoms with van der Waals surface area (Å²) < 4.78 is 6.77. The number of carboxylic acid groups (broad SMARTS) is 1. The van der Waals surface area contributed by atoms with Crippen LogP contribution in [0.5, 0.6) is 0 Å². The Morgan fingerprint density at radius 2 is 2.05 bits per heavy atom. The molecule has 5 heteroatoms. The summed E-state index contributed by atoms with van der Waals surface area (Å²) in [6.45, 7) is 3.32. The van der Waals surface area contributed by atoms with E-state index in [0.29, 0.717) is 5.76 Å². The summed E-state index contributed by atoms with van der Waals surface area (Å²) in [5, 5.41) is 10.6. The Morgan fingerprint density at radius 3 is 2.70 bits per heavy atom. The first kappa shape index (κ1) is 13.6. The summed E-state index contributed by atoms with van der Waals surface area (Å²) in [6.07, 6.45) is 2.07. The lowest BCUT2D eigenvalue weighted by atomic mass is 9.96. The van der Waals surface area contributed by atoms with Crippen LogP contribution in [0.25, 0.3) is 11.0 Å². The van der Waals surface area contributed by atoms with Gasteiger partial charge in [-0.1, -0.05) is 15.9 Å². The van der Waals surface area contributed by atoms with E-state index in [1.54, 1.807) is 6.92 Å². The van der Waals surface area contributed by atoms with Crippen LogP contribution in [-0.2, 0) is 10.3 Å². The molecular weight excluding hydrogens is 322 g/mol. The van der Waals surface area contributed by atoms with Gasteiger partial charge in [-0.15, -0.1) is 0 Å². The summed E-state index contributed by atoms with van der Waals surface area (Å²) in [5.74, 6) is -0.363. The molecule has 106 valence electrons. The van der Waals surface area contributed by atoms with Crippen LogP contribution in [-0.4, -0.2) is 29.1 Å². The number of likely N-dealkylation sites (tertiary alicyclic amines) is 1. The monoisotopic (exact) mass is 337 g/mol. The second-order valence-electron chi connectivity index (χ2n) is 5.36. The van der Waals surface area contributed by atoms with E-state index in [-0.39, 0.29) is 0 Å². The van der Waals surface area contributed by atoms with Crippen LogP contribution >= 0.6 is 15.9 Å². The van der Waals surface area contributed by atoms with Crippen molar-refractivity contribution in [2.75, 3.05) is 13.1 Å². The minimum Gasteiger partial charge on any atom is -0.480 e. The van der Waals surface area contributed by atoms with Crippen LogP contribution in [0.15, 0.2) is 33.2 Å². The molecule has 1 saturated heterocycles. The molecule has 4 nitrogen and oxygen atoms in total. The Hall–Kier alpha value is -1.33. The molecule has 1 fully saturated rings. The summed E-state index contributed by atoms with van der Waals surface area (Å²) in [6, 6.07) is 7.53. The normalized spacial score (nSPS) is 19.3. The Bertz CT molecular complexity index is 660. The van der Waals surface area contributed by atoms with Gasteiger partial charge in [-0.2, -0.15) is 0 Å². The molecule has 1 aromatic carbocycles. The van der Waals surface area contributed by atoms with Crippen molar-refractivity contribution >= 4 is 32.9 Å². The number of nitrogens with zero attached hydrogens (tertiary/aromatic N) is 1. The van der Waals surface area contributed by atoms with Crippen LogP contribution in [0.4, 0.5) is 0 Å². The Morgan fingerprint density at radius 1 is 1.35 bits per heavy atom. The van der Waals surface area contributed by atoms with Gasteiger partial charge in [0.15, 0.2) is 5.54 Å². The summed E-state index contributed by atoms with van der Waals surface area (Å²) in [4.78, 5) is 13.8. The minimum absolute atomic E-state index is 0.500. The molecule has 1 atom stereocenters. The summed E-state index contributed by atoms with van der Waals surface area (Å²) in [5.41, 5.74) is -0.378. The van der Waals surface area contributed by atoms with Crippen LogP contribution in [0, 0.1) is 0 Å². The largest absolute Gasteiger partial charge is 0.480 e. The van der Waals surface area contributed by atoms with Gasteiger partial charge < -0.3 is 9.52 Å². The molecule has 1 N–H and O–H groups in total. The summed E-state index contributed by atoms with van der Waals surface area (Å²) in [7, 11) is 0. The van der Waals surface area contributed by atoms with Gasteiger partial charge in [0, 0.05) is 9.86 Å². The fraction of sp³-hybridized carbons (Fsp3) is 0.400. The highest BCUT2D eigenvalue weighted by Crippen LogP contribution is 2.36. The lowest BCUT2D eigenvalue weighted by molar-refractivity contribution is -0.151. The molecule has 1 aromatic heterocycles. The van der Waals surface area contributed by atoms with Gasteiger partial charge in [-0.25, -0.2) is 4.79 Å². The molecule has 20 heavy (non-hydrogen) atoms. The van der Waals surface area contributed by atoms with Gasteiger partial charge in [0.05, 0.1) is 0 Å². The van der Waals surface area contributed by atoms with E-state index in [1.165, 1.54) is 0 Å². The van der Waals surface area contributed by atoms with Crippen molar-refractivity contribution < 1.29 is 14.3 Å². The van der Waals surface area contributed by atoms with Crippen molar-refractivity contribution in [2.24, 2.45) is 0 Å². The molecule has 1 unspecified atom stereocenters. The van der Waals surface area contributed by atoms with E-state index in [4.69, 9.17) is 4.42 Å². The Labute approximate surface area is 125 Å². The fourth-order valence-electron chi connectivity index (χ4n) is 2.81. The quantitative estimate of drug-likeness (QED) is 0.929. The maximum absolute atomic E-state index is 11.8. The van der Waals surface area contributed by atoms with Crippen molar-refractivity contribution in [1.29, 1.82) is 0 Å². The number of furan rings is 1. The highest BCUT2D eigenvalue weighted by molar-refractivity contribution is 9.10. The third-order valence-electron chi connectivity index (χ3n) is 4.11. The number of hydrogen-bond acceptors (Lipinski definition) is 3. The number of rotatable bonds is 3. The molecule has 0 spiro atoms. The van der Waals surface area contributed by atoms with E-state index in [1.807, 2.05) is 29.2 Å². The predicted molar refractivity (Wildman–Crippen MR) is 79.7 cm³/mol. The first-order valence-corrected chi connectivity index (χ1v) is 7.49. The molecule has 3 rings (SSSR count). The number of benzene rings is 1. The van der Waals surface area contributed by atoms with Crippen molar-refractivity contribution in [3.8, 4) is 0 Å². The minimum atomic E-state index is -1.10. The number of carbonyl (C=O) groups is 1. The van der Waals surface area contributed by atoms with Gasteiger partial charge in [0.2, 0.25) is 0 Å². The fourth-order valence-corrected chi connectivity index (χ4v) is 3.19. The first-order valence-electron chi connectivity index (χ1n) is 6.70. The van der Waals surface area contributed by atoms with E-state index in [9.17, 15) is 9.90 Å². The van der Waals surface area contributed by atoms with Crippen molar-refractivity contribution in [3.05, 3.63) is 34.5 Å². The van der Waals surface area contributed by atoms with E-state index in [0.717, 1.165) is 41.4 Å². The zero-order valence-corrected chi connectivity index (χ0v) is 12.8. The average molecular weight is 338 g/mol. The smallest absolute Gasteiger partial charge is 0.331 e. The van der Waals surface area contributed by atoms with Crippen LogP contribution in [0.2, 0.25) is 0 Å². The maximum atomic E-state index is 11.8. The number of carboxylic acids is 1. The van der Waals surface area contributed by atoms with Crippen LogP contribution in [0.1, 0.15) is 25.5 Å². The standard InChI is InChI=1S/C15H16BrNO3/c1-15(14(18)19,17-6-2-3-7-17)13-9-10-8-11(16)4-5-12(10)20-13/h4-5,8-9H,2-3,6-7H2,1H3,(H,18,19). The highest BCUT2D eigenvalue weighted by atomic mass is 79.9. The lowest BCUT2D eigenvalue weighted by Gasteiger charge is -2.32. The van der Waals surface area contributed by atoms with Gasteiger partial charge in [-0.05, 0) is 57.1 Å². The lowest BCUT2D eigenvalue weighted by Crippen LogP contribution is -2.48. The molecule has 2 heterocycles. The van der Waals surface area contributed by atoms with E-state index in [2.05, 4.69) is 15.9 Å². The van der Waals surface area contributed by atoms with E-state index < -0.39 is 11.5 Å². The van der Waals surface area contributed by atoms with Crippen LogP contribution in [0.3, 0.4) is 0 Å². The molecule has 0 bridgehead atoms.